The molecule has 0 bridgehead atoms. The molecule has 0 saturated carbocycles. The van der Waals surface area contributed by atoms with Crippen LogP contribution in [0.5, 0.6) is 0 Å². The molecule has 0 saturated heterocycles. The Hall–Kier alpha value is -2.17. The van der Waals surface area contributed by atoms with Gasteiger partial charge in [-0.05, 0) is 26.3 Å². The lowest BCUT2D eigenvalue weighted by Gasteiger charge is -2.18. The van der Waals surface area contributed by atoms with Crippen LogP contribution < -0.4 is 5.32 Å². The molecule has 1 amide bonds. The first-order valence-corrected chi connectivity index (χ1v) is 6.13. The summed E-state index contributed by atoms with van der Waals surface area (Å²) >= 11 is 0. The Morgan fingerprint density at radius 2 is 1.89 bits per heavy atom. The van der Waals surface area contributed by atoms with Gasteiger partial charge in [-0.3, -0.25) is 4.79 Å². The maximum atomic E-state index is 11.8. The first-order valence-electron chi connectivity index (χ1n) is 6.13. The van der Waals surface area contributed by atoms with Gasteiger partial charge in [-0.15, -0.1) is 10.2 Å². The largest absolute Gasteiger partial charge is 0.417 e. The van der Waals surface area contributed by atoms with Crippen LogP contribution >= 0.6 is 0 Å². The average Bonchev–Trinajstić information content (AvgIpc) is 2.77. The van der Waals surface area contributed by atoms with E-state index in [1.165, 1.54) is 0 Å². The Morgan fingerprint density at radius 1 is 1.21 bits per heavy atom. The van der Waals surface area contributed by atoms with E-state index in [1.54, 1.807) is 0 Å². The number of nitrogens with one attached hydrogen (secondary N) is 1. The van der Waals surface area contributed by atoms with Crippen molar-refractivity contribution >= 4 is 5.91 Å². The average molecular weight is 259 g/mol. The summed E-state index contributed by atoms with van der Waals surface area (Å²) in [5.41, 5.74) is 0.736. The van der Waals surface area contributed by atoms with Gasteiger partial charge in [0.25, 0.3) is 0 Å². The summed E-state index contributed by atoms with van der Waals surface area (Å²) in [5, 5.41) is 10.4. The summed E-state index contributed by atoms with van der Waals surface area (Å²) in [7, 11) is 0. The fourth-order valence-electron chi connectivity index (χ4n) is 1.58. The van der Waals surface area contributed by atoms with Gasteiger partial charge in [-0.2, -0.15) is 0 Å². The van der Waals surface area contributed by atoms with Crippen molar-refractivity contribution in [2.45, 2.75) is 32.7 Å². The number of benzene rings is 1. The quantitative estimate of drug-likeness (QED) is 0.917. The van der Waals surface area contributed by atoms with Crippen LogP contribution in [-0.2, 0) is 6.42 Å². The molecule has 1 aromatic heterocycles. The highest BCUT2D eigenvalue weighted by Gasteiger charge is 2.20. The summed E-state index contributed by atoms with van der Waals surface area (Å²) in [6, 6.07) is 9.77. The van der Waals surface area contributed by atoms with Crippen LogP contribution in [0.15, 0.2) is 34.7 Å². The van der Waals surface area contributed by atoms with Crippen molar-refractivity contribution in [1.82, 2.24) is 15.5 Å². The molecule has 0 aliphatic carbocycles. The molecule has 19 heavy (non-hydrogen) atoms. The lowest BCUT2D eigenvalue weighted by Crippen LogP contribution is -2.40. The smallest absolute Gasteiger partial charge is 0.309 e. The Bertz CT molecular complexity index is 556. The van der Waals surface area contributed by atoms with Crippen LogP contribution in [0, 0.1) is 0 Å². The molecular formula is C14H17N3O2. The van der Waals surface area contributed by atoms with Gasteiger partial charge < -0.3 is 9.73 Å². The predicted molar refractivity (Wildman–Crippen MR) is 70.8 cm³/mol. The van der Waals surface area contributed by atoms with Gasteiger partial charge in [0.2, 0.25) is 5.89 Å². The molecule has 0 aliphatic rings. The normalized spacial score (nSPS) is 11.3. The molecule has 0 aliphatic heterocycles. The highest BCUT2D eigenvalue weighted by Crippen LogP contribution is 2.09. The third kappa shape index (κ3) is 3.91. The number of carbonyl (C=O) groups excluding carboxylic acids is 1. The molecule has 0 unspecified atom stereocenters. The molecule has 1 N–H and O–H groups in total. The van der Waals surface area contributed by atoms with E-state index >= 15 is 0 Å². The minimum absolute atomic E-state index is 0.000793. The first kappa shape index (κ1) is 13.3. The summed E-state index contributed by atoms with van der Waals surface area (Å²) in [5.74, 6) is 0.0884. The zero-order valence-corrected chi connectivity index (χ0v) is 11.3. The van der Waals surface area contributed by atoms with Crippen LogP contribution in [0.2, 0.25) is 0 Å². The molecule has 0 atom stereocenters. The zero-order valence-electron chi connectivity index (χ0n) is 11.3. The molecule has 5 heteroatoms. The highest BCUT2D eigenvalue weighted by atomic mass is 16.4. The molecule has 100 valence electrons. The van der Waals surface area contributed by atoms with Crippen molar-refractivity contribution in [3.63, 3.8) is 0 Å². The second-order valence-corrected chi connectivity index (χ2v) is 5.37. The van der Waals surface area contributed by atoms with Crippen molar-refractivity contribution in [2.75, 3.05) is 0 Å². The molecular weight excluding hydrogens is 242 g/mol. The lowest BCUT2D eigenvalue weighted by atomic mass is 10.1. The van der Waals surface area contributed by atoms with E-state index < -0.39 is 0 Å². The summed E-state index contributed by atoms with van der Waals surface area (Å²) in [4.78, 5) is 11.8. The topological polar surface area (TPSA) is 68.0 Å². The fraction of sp³-hybridized carbons (Fsp3) is 0.357. The molecule has 1 aromatic carbocycles. The van der Waals surface area contributed by atoms with Gasteiger partial charge in [0.15, 0.2) is 0 Å². The van der Waals surface area contributed by atoms with Gasteiger partial charge in [-0.1, -0.05) is 30.3 Å². The van der Waals surface area contributed by atoms with Crippen LogP contribution in [0.4, 0.5) is 0 Å². The SMILES string of the molecule is CC(C)(C)NC(=O)c1nnc(Cc2ccccc2)o1. The number of hydrogen-bond donors (Lipinski definition) is 1. The second-order valence-electron chi connectivity index (χ2n) is 5.37. The van der Waals surface area contributed by atoms with Crippen LogP contribution in [-0.4, -0.2) is 21.6 Å². The maximum absolute atomic E-state index is 11.8. The van der Waals surface area contributed by atoms with Gasteiger partial charge in [0.05, 0.1) is 6.42 Å². The second kappa shape index (κ2) is 5.22. The minimum atomic E-state index is -0.348. The predicted octanol–water partition coefficient (Wildman–Crippen LogP) is 2.19. The van der Waals surface area contributed by atoms with Crippen molar-refractivity contribution in [1.29, 1.82) is 0 Å². The molecule has 1 heterocycles. The molecule has 5 nitrogen and oxygen atoms in total. The molecule has 0 spiro atoms. The number of hydrogen-bond acceptors (Lipinski definition) is 4. The van der Waals surface area contributed by atoms with Crippen LogP contribution in [0.25, 0.3) is 0 Å². The van der Waals surface area contributed by atoms with Gasteiger partial charge in [0.1, 0.15) is 0 Å². The highest BCUT2D eigenvalue weighted by molar-refractivity contribution is 5.89. The fourth-order valence-corrected chi connectivity index (χ4v) is 1.58. The molecule has 0 radical (unpaired) electrons. The van der Waals surface area contributed by atoms with E-state index in [9.17, 15) is 4.79 Å². The summed E-state index contributed by atoms with van der Waals surface area (Å²) in [6.07, 6.45) is 0.524. The van der Waals surface area contributed by atoms with E-state index in [2.05, 4.69) is 15.5 Å². The van der Waals surface area contributed by atoms with Gasteiger partial charge in [-0.25, -0.2) is 0 Å². The number of nitrogens with zero attached hydrogens (tertiary/aromatic N) is 2. The lowest BCUT2D eigenvalue weighted by molar-refractivity contribution is 0.0882. The maximum Gasteiger partial charge on any atom is 0.309 e. The van der Waals surface area contributed by atoms with Crippen molar-refractivity contribution in [3.05, 3.63) is 47.7 Å². The van der Waals surface area contributed by atoms with Crippen molar-refractivity contribution in [2.24, 2.45) is 0 Å². The zero-order chi connectivity index (χ0) is 13.9. The number of amides is 1. The van der Waals surface area contributed by atoms with Crippen LogP contribution in [0.3, 0.4) is 0 Å². The molecule has 2 aromatic rings. The van der Waals surface area contributed by atoms with E-state index in [0.717, 1.165) is 5.56 Å². The number of aromatic nitrogens is 2. The first-order chi connectivity index (χ1) is 8.94. The van der Waals surface area contributed by atoms with Crippen LogP contribution in [0.1, 0.15) is 42.9 Å². The summed E-state index contributed by atoms with van der Waals surface area (Å²) in [6.45, 7) is 5.68. The minimum Gasteiger partial charge on any atom is -0.417 e. The monoisotopic (exact) mass is 259 g/mol. The summed E-state index contributed by atoms with van der Waals surface area (Å²) < 4.78 is 5.36. The molecule has 0 fully saturated rings. The third-order valence-electron chi connectivity index (χ3n) is 2.35. The van der Waals surface area contributed by atoms with E-state index in [4.69, 9.17) is 4.42 Å². The third-order valence-corrected chi connectivity index (χ3v) is 2.35. The number of carbonyl (C=O) groups is 1. The van der Waals surface area contributed by atoms with E-state index in [0.29, 0.717) is 12.3 Å². The Kier molecular flexibility index (Phi) is 3.64. The van der Waals surface area contributed by atoms with E-state index in [1.807, 2.05) is 51.1 Å². The van der Waals surface area contributed by atoms with Crippen molar-refractivity contribution in [3.8, 4) is 0 Å². The van der Waals surface area contributed by atoms with Gasteiger partial charge in [0, 0.05) is 5.54 Å². The number of rotatable bonds is 3. The van der Waals surface area contributed by atoms with Crippen molar-refractivity contribution < 1.29 is 9.21 Å². The Balaban J connectivity index is 2.05. The standard InChI is InChI=1S/C14H17N3O2/c1-14(2,3)15-12(18)13-17-16-11(19-13)9-10-7-5-4-6-8-10/h4-8H,9H2,1-3H3,(H,15,18). The van der Waals surface area contributed by atoms with E-state index in [-0.39, 0.29) is 17.3 Å². The molecule has 2 rings (SSSR count). The Labute approximate surface area is 112 Å². The van der Waals surface area contributed by atoms with Gasteiger partial charge >= 0.3 is 11.8 Å². The Morgan fingerprint density at radius 3 is 2.53 bits per heavy atom.